The Labute approximate surface area is 114 Å². The average Bonchev–Trinajstić information content (AvgIpc) is 3.12. The number of carbonyl (C=O) groups is 1. The number of nitrogens with one attached hydrogen (secondary N) is 1. The van der Waals surface area contributed by atoms with Crippen molar-refractivity contribution in [1.29, 1.82) is 0 Å². The molecule has 0 unspecified atom stereocenters. The zero-order valence-electron chi connectivity index (χ0n) is 10.1. The van der Waals surface area contributed by atoms with Crippen LogP contribution in [0.15, 0.2) is 41.9 Å². The molecule has 0 fully saturated rings. The molecule has 0 aliphatic carbocycles. The lowest BCUT2D eigenvalue weighted by Gasteiger charge is -2.17. The summed E-state index contributed by atoms with van der Waals surface area (Å²) < 4.78 is 0. The minimum atomic E-state index is -0.164. The van der Waals surface area contributed by atoms with Gasteiger partial charge in [0, 0.05) is 24.3 Å². The number of carbonyl (C=O) groups excluding carboxylic acids is 1. The molecule has 1 aliphatic rings. The number of anilines is 2. The van der Waals surface area contributed by atoms with E-state index in [1.54, 1.807) is 5.51 Å². The molecule has 19 heavy (non-hydrogen) atoms. The van der Waals surface area contributed by atoms with Gasteiger partial charge in [-0.1, -0.05) is 23.5 Å². The van der Waals surface area contributed by atoms with Crippen molar-refractivity contribution < 1.29 is 4.79 Å². The molecule has 0 spiro atoms. The Morgan fingerprint density at radius 2 is 1.95 bits per heavy atom. The van der Waals surface area contributed by atoms with Crippen LogP contribution in [0.3, 0.4) is 0 Å². The van der Waals surface area contributed by atoms with Crippen molar-refractivity contribution >= 4 is 28.1 Å². The zero-order chi connectivity index (χ0) is 13.1. The molecule has 6 heteroatoms. The van der Waals surface area contributed by atoms with Crippen molar-refractivity contribution in [2.24, 2.45) is 0 Å². The molecule has 1 N–H and O–H groups in total. The summed E-state index contributed by atoms with van der Waals surface area (Å²) in [7, 11) is 0. The van der Waals surface area contributed by atoms with E-state index in [4.69, 9.17) is 0 Å². The maximum Gasteiger partial charge on any atom is 0.257 e. The molecule has 1 aromatic carbocycles. The van der Waals surface area contributed by atoms with E-state index in [1.165, 1.54) is 11.3 Å². The molecular weight excluding hydrogens is 260 g/mol. The minimum Gasteiger partial charge on any atom is -0.364 e. The van der Waals surface area contributed by atoms with Gasteiger partial charge in [0.05, 0.1) is 0 Å². The van der Waals surface area contributed by atoms with Gasteiger partial charge in [0.2, 0.25) is 5.13 Å². The monoisotopic (exact) mass is 272 g/mol. The lowest BCUT2D eigenvalue weighted by atomic mass is 10.2. The van der Waals surface area contributed by atoms with E-state index in [-0.39, 0.29) is 5.91 Å². The average molecular weight is 272 g/mol. The highest BCUT2D eigenvalue weighted by Crippen LogP contribution is 2.18. The number of amides is 1. The van der Waals surface area contributed by atoms with Crippen LogP contribution in [0.4, 0.5) is 10.8 Å². The number of rotatable bonds is 3. The Morgan fingerprint density at radius 1 is 1.21 bits per heavy atom. The fraction of sp³-hybridized carbons (Fsp3) is 0.154. The van der Waals surface area contributed by atoms with Crippen LogP contribution in [0, 0.1) is 0 Å². The predicted octanol–water partition coefficient (Wildman–Crippen LogP) is 2.17. The Kier molecular flexibility index (Phi) is 3.24. The Bertz CT molecular complexity index is 584. The van der Waals surface area contributed by atoms with Crippen molar-refractivity contribution in [3.8, 4) is 0 Å². The molecule has 0 bridgehead atoms. The quantitative estimate of drug-likeness (QED) is 0.870. The Balaban J connectivity index is 1.69. The van der Waals surface area contributed by atoms with Crippen molar-refractivity contribution in [3.05, 3.63) is 47.5 Å². The molecule has 1 aliphatic heterocycles. The topological polar surface area (TPSA) is 58.1 Å². The minimum absolute atomic E-state index is 0.164. The Morgan fingerprint density at radius 3 is 2.58 bits per heavy atom. The Hall–Kier alpha value is -2.21. The number of nitrogens with zero attached hydrogens (tertiary/aromatic N) is 3. The molecule has 5 nitrogen and oxygen atoms in total. The van der Waals surface area contributed by atoms with Crippen LogP contribution in [0.5, 0.6) is 0 Å². The smallest absolute Gasteiger partial charge is 0.257 e. The number of benzene rings is 1. The highest BCUT2D eigenvalue weighted by Gasteiger charge is 2.10. The maximum absolute atomic E-state index is 11.9. The van der Waals surface area contributed by atoms with Crippen LogP contribution in [0.25, 0.3) is 0 Å². The van der Waals surface area contributed by atoms with E-state index in [1.807, 2.05) is 24.3 Å². The van der Waals surface area contributed by atoms with Gasteiger partial charge in [0.1, 0.15) is 5.51 Å². The molecule has 0 radical (unpaired) electrons. The first-order chi connectivity index (χ1) is 9.33. The fourth-order valence-corrected chi connectivity index (χ4v) is 2.35. The number of aromatic nitrogens is 2. The van der Waals surface area contributed by atoms with Crippen molar-refractivity contribution in [1.82, 2.24) is 10.2 Å². The molecule has 3 rings (SSSR count). The lowest BCUT2D eigenvalue weighted by Crippen LogP contribution is -2.18. The van der Waals surface area contributed by atoms with Gasteiger partial charge in [-0.2, -0.15) is 0 Å². The lowest BCUT2D eigenvalue weighted by molar-refractivity contribution is 0.102. The first-order valence-corrected chi connectivity index (χ1v) is 6.78. The fourth-order valence-electron chi connectivity index (χ4n) is 1.91. The molecule has 96 valence electrons. The second-order valence-corrected chi connectivity index (χ2v) is 4.95. The van der Waals surface area contributed by atoms with Crippen LogP contribution in [0.1, 0.15) is 10.4 Å². The van der Waals surface area contributed by atoms with E-state index in [2.05, 4.69) is 32.6 Å². The molecule has 2 aromatic rings. The van der Waals surface area contributed by atoms with Crippen molar-refractivity contribution in [2.75, 3.05) is 23.3 Å². The van der Waals surface area contributed by atoms with Crippen molar-refractivity contribution in [3.63, 3.8) is 0 Å². The standard InChI is InChI=1S/C13H12N4OS/c18-12(15-13-16-14-9-19-13)10-3-5-11(6-4-10)17-7-1-2-8-17/h1-6,9H,7-8H2,(H,15,16,18). The maximum atomic E-state index is 11.9. The largest absolute Gasteiger partial charge is 0.364 e. The van der Waals surface area contributed by atoms with E-state index < -0.39 is 0 Å². The van der Waals surface area contributed by atoms with E-state index >= 15 is 0 Å². The third-order valence-electron chi connectivity index (χ3n) is 2.89. The first-order valence-electron chi connectivity index (χ1n) is 5.90. The van der Waals surface area contributed by atoms with Crippen LogP contribution in [0.2, 0.25) is 0 Å². The van der Waals surface area contributed by atoms with E-state index in [9.17, 15) is 4.79 Å². The zero-order valence-corrected chi connectivity index (χ0v) is 10.9. The second-order valence-electron chi connectivity index (χ2n) is 4.12. The van der Waals surface area contributed by atoms with Crippen LogP contribution in [-0.2, 0) is 0 Å². The van der Waals surface area contributed by atoms with Crippen molar-refractivity contribution in [2.45, 2.75) is 0 Å². The van der Waals surface area contributed by atoms with Crippen LogP contribution in [-0.4, -0.2) is 29.2 Å². The van der Waals surface area contributed by atoms with Crippen LogP contribution < -0.4 is 10.2 Å². The summed E-state index contributed by atoms with van der Waals surface area (Å²) >= 11 is 1.30. The summed E-state index contributed by atoms with van der Waals surface area (Å²) in [6, 6.07) is 7.57. The third-order valence-corrected chi connectivity index (χ3v) is 3.50. The SMILES string of the molecule is O=C(Nc1nncs1)c1ccc(N2CC=CC2)cc1. The van der Waals surface area contributed by atoms with Gasteiger partial charge in [0.25, 0.3) is 5.91 Å². The van der Waals surface area contributed by atoms with Gasteiger partial charge >= 0.3 is 0 Å². The molecule has 1 amide bonds. The summed E-state index contributed by atoms with van der Waals surface area (Å²) in [5, 5.41) is 10.7. The van der Waals surface area contributed by atoms with Crippen LogP contribution >= 0.6 is 11.3 Å². The van der Waals surface area contributed by atoms with E-state index in [0.717, 1.165) is 18.8 Å². The molecular formula is C13H12N4OS. The van der Waals surface area contributed by atoms with Gasteiger partial charge in [-0.25, -0.2) is 0 Å². The van der Waals surface area contributed by atoms with Gasteiger partial charge in [-0.05, 0) is 24.3 Å². The normalized spacial score (nSPS) is 13.8. The number of hydrogen-bond donors (Lipinski definition) is 1. The van der Waals surface area contributed by atoms with Gasteiger partial charge in [0.15, 0.2) is 0 Å². The number of hydrogen-bond acceptors (Lipinski definition) is 5. The second kappa shape index (κ2) is 5.19. The summed E-state index contributed by atoms with van der Waals surface area (Å²) in [4.78, 5) is 14.2. The molecule has 0 atom stereocenters. The van der Waals surface area contributed by atoms with Gasteiger partial charge in [-0.15, -0.1) is 10.2 Å². The third kappa shape index (κ3) is 2.63. The molecule has 1 aromatic heterocycles. The molecule has 0 saturated carbocycles. The molecule has 0 saturated heterocycles. The van der Waals surface area contributed by atoms with E-state index in [0.29, 0.717) is 10.7 Å². The first kappa shape index (κ1) is 11.9. The molecule has 2 heterocycles. The summed E-state index contributed by atoms with van der Waals surface area (Å²) in [5.74, 6) is -0.164. The highest BCUT2D eigenvalue weighted by atomic mass is 32.1. The summed E-state index contributed by atoms with van der Waals surface area (Å²) in [5.41, 5.74) is 3.32. The summed E-state index contributed by atoms with van der Waals surface area (Å²) in [6.45, 7) is 1.85. The predicted molar refractivity (Wildman–Crippen MR) is 75.7 cm³/mol. The van der Waals surface area contributed by atoms with Gasteiger partial charge < -0.3 is 4.90 Å². The summed E-state index contributed by atoms with van der Waals surface area (Å²) in [6.07, 6.45) is 4.27. The highest BCUT2D eigenvalue weighted by molar-refractivity contribution is 7.13. The van der Waals surface area contributed by atoms with Gasteiger partial charge in [-0.3, -0.25) is 10.1 Å².